The lowest BCUT2D eigenvalue weighted by Crippen LogP contribution is -2.54. The molecule has 2 amide bonds. The Bertz CT molecular complexity index is 1100. The average molecular weight is 444 g/mol. The Labute approximate surface area is 182 Å². The van der Waals surface area contributed by atoms with Crippen molar-refractivity contribution in [1.82, 2.24) is 15.2 Å². The highest BCUT2D eigenvalue weighted by molar-refractivity contribution is 7.16. The fourth-order valence-electron chi connectivity index (χ4n) is 5.28. The van der Waals surface area contributed by atoms with Crippen LogP contribution in [-0.2, 0) is 14.3 Å². The molecule has 0 radical (unpaired) electrons. The van der Waals surface area contributed by atoms with Crippen molar-refractivity contribution in [2.75, 3.05) is 13.2 Å². The number of ether oxygens (including phenoxy) is 1. The second-order valence-corrected chi connectivity index (χ2v) is 9.89. The number of carbonyl (C=O) groups excluding carboxylic acids is 3. The number of H-pyrrole nitrogens is 1. The van der Waals surface area contributed by atoms with Crippen molar-refractivity contribution < 1.29 is 19.1 Å². The lowest BCUT2D eigenvalue weighted by molar-refractivity contribution is -0.139. The Kier molecular flexibility index (Phi) is 5.18. The van der Waals surface area contributed by atoms with Crippen LogP contribution in [0.2, 0.25) is 0 Å². The number of likely N-dealkylation sites (tertiary alicyclic amines) is 1. The summed E-state index contributed by atoms with van der Waals surface area (Å²) in [5.74, 6) is -0.460. The normalized spacial score (nSPS) is 27.1. The van der Waals surface area contributed by atoms with Crippen LogP contribution in [0.3, 0.4) is 0 Å². The molecular weight excluding hydrogens is 418 g/mol. The van der Waals surface area contributed by atoms with Gasteiger partial charge in [-0.3, -0.25) is 19.2 Å². The van der Waals surface area contributed by atoms with E-state index in [4.69, 9.17) is 4.74 Å². The molecule has 2 saturated heterocycles. The minimum Gasteiger partial charge on any atom is -0.367 e. The zero-order valence-electron chi connectivity index (χ0n) is 17.3. The van der Waals surface area contributed by atoms with Crippen LogP contribution in [-0.4, -0.2) is 58.8 Å². The molecular formula is C22H25N3O5S. The molecule has 9 heteroatoms. The summed E-state index contributed by atoms with van der Waals surface area (Å²) in [6, 6.07) is 3.81. The van der Waals surface area contributed by atoms with Crippen molar-refractivity contribution in [1.29, 1.82) is 0 Å². The van der Waals surface area contributed by atoms with E-state index in [0.717, 1.165) is 37.0 Å². The summed E-state index contributed by atoms with van der Waals surface area (Å²) < 4.78 is 6.32. The van der Waals surface area contributed by atoms with Crippen molar-refractivity contribution in [2.24, 2.45) is 11.8 Å². The molecule has 31 heavy (non-hydrogen) atoms. The SMILES string of the molecule is C[C@@H]1CN(C(=O)[C@@H](NC(=O)c2ccc3[nH]c(=O)sc3c2)C2CCCC2)[C@@H]2C(=O)CO[C@H]12. The Morgan fingerprint density at radius 2 is 2.03 bits per heavy atom. The van der Waals surface area contributed by atoms with Gasteiger partial charge < -0.3 is 19.9 Å². The Morgan fingerprint density at radius 3 is 2.81 bits per heavy atom. The van der Waals surface area contributed by atoms with Crippen LogP contribution in [0.15, 0.2) is 23.0 Å². The van der Waals surface area contributed by atoms with Gasteiger partial charge in [0, 0.05) is 18.0 Å². The third kappa shape index (κ3) is 3.59. The zero-order chi connectivity index (χ0) is 21.7. The van der Waals surface area contributed by atoms with Crippen LogP contribution >= 0.6 is 11.3 Å². The minimum atomic E-state index is -0.671. The maximum Gasteiger partial charge on any atom is 0.305 e. The molecule has 1 aliphatic carbocycles. The molecule has 1 aromatic carbocycles. The molecule has 3 aliphatic rings. The molecule has 1 aromatic heterocycles. The maximum absolute atomic E-state index is 13.6. The summed E-state index contributed by atoms with van der Waals surface area (Å²) in [5.41, 5.74) is 1.10. The van der Waals surface area contributed by atoms with Gasteiger partial charge in [0.15, 0.2) is 5.78 Å². The van der Waals surface area contributed by atoms with E-state index in [0.29, 0.717) is 22.3 Å². The molecule has 2 N–H and O–H groups in total. The van der Waals surface area contributed by atoms with Crippen LogP contribution < -0.4 is 10.2 Å². The minimum absolute atomic E-state index is 0.0451. The monoisotopic (exact) mass is 443 g/mol. The topological polar surface area (TPSA) is 109 Å². The van der Waals surface area contributed by atoms with Gasteiger partial charge >= 0.3 is 4.87 Å². The van der Waals surface area contributed by atoms with Gasteiger partial charge in [-0.25, -0.2) is 0 Å². The molecule has 2 aromatic rings. The van der Waals surface area contributed by atoms with Crippen LogP contribution in [0.4, 0.5) is 0 Å². The number of aromatic nitrogens is 1. The second kappa shape index (κ2) is 7.87. The van der Waals surface area contributed by atoms with E-state index in [1.54, 1.807) is 23.1 Å². The standard InChI is InChI=1S/C22H25N3O5S/c1-11-9-25(18-15(26)10-30-19(11)18)21(28)17(12-4-2-3-5-12)24-20(27)13-6-7-14-16(8-13)31-22(29)23-14/h6-8,11-12,17-19H,2-5,9-10H2,1H3,(H,23,29)(H,24,27)/t11-,17+,18-,19-/m1/s1. The third-order valence-electron chi connectivity index (χ3n) is 6.83. The van der Waals surface area contributed by atoms with E-state index in [2.05, 4.69) is 10.3 Å². The van der Waals surface area contributed by atoms with E-state index in [1.165, 1.54) is 0 Å². The van der Waals surface area contributed by atoms with E-state index >= 15 is 0 Å². The molecule has 0 spiro atoms. The van der Waals surface area contributed by atoms with Gasteiger partial charge in [-0.15, -0.1) is 0 Å². The van der Waals surface area contributed by atoms with Gasteiger partial charge in [0.2, 0.25) is 5.91 Å². The number of nitrogens with zero attached hydrogens (tertiary/aromatic N) is 1. The Morgan fingerprint density at radius 1 is 1.26 bits per heavy atom. The highest BCUT2D eigenvalue weighted by Gasteiger charge is 2.52. The predicted octanol–water partition coefficient (Wildman–Crippen LogP) is 1.69. The smallest absolute Gasteiger partial charge is 0.305 e. The summed E-state index contributed by atoms with van der Waals surface area (Å²) in [6.07, 6.45) is 3.54. The summed E-state index contributed by atoms with van der Waals surface area (Å²) in [6.45, 7) is 2.50. The Hall–Kier alpha value is -2.52. The third-order valence-corrected chi connectivity index (χ3v) is 7.68. The molecule has 2 aliphatic heterocycles. The van der Waals surface area contributed by atoms with Gasteiger partial charge in [0.05, 0.1) is 16.3 Å². The number of hydrogen-bond donors (Lipinski definition) is 2. The molecule has 3 fully saturated rings. The quantitative estimate of drug-likeness (QED) is 0.748. The van der Waals surface area contributed by atoms with Gasteiger partial charge in [0.1, 0.15) is 18.7 Å². The first-order valence-electron chi connectivity index (χ1n) is 10.8. The average Bonchev–Trinajstić information content (AvgIpc) is 3.51. The molecule has 4 atom stereocenters. The fourth-order valence-corrected chi connectivity index (χ4v) is 6.06. The van der Waals surface area contributed by atoms with Crippen molar-refractivity contribution in [3.63, 3.8) is 0 Å². The molecule has 1 saturated carbocycles. The van der Waals surface area contributed by atoms with Gasteiger partial charge in [0.25, 0.3) is 5.91 Å². The molecule has 0 bridgehead atoms. The van der Waals surface area contributed by atoms with Crippen LogP contribution in [0.1, 0.15) is 43.0 Å². The molecule has 5 rings (SSSR count). The molecule has 8 nitrogen and oxygen atoms in total. The van der Waals surface area contributed by atoms with E-state index in [1.807, 2.05) is 6.92 Å². The predicted molar refractivity (Wildman–Crippen MR) is 115 cm³/mol. The number of fused-ring (bicyclic) bond motifs is 2. The number of benzene rings is 1. The number of ketones is 1. The van der Waals surface area contributed by atoms with Gasteiger partial charge in [-0.05, 0) is 37.0 Å². The summed E-state index contributed by atoms with van der Waals surface area (Å²) >= 11 is 1.05. The molecule has 164 valence electrons. The van der Waals surface area contributed by atoms with Crippen molar-refractivity contribution >= 4 is 39.2 Å². The summed E-state index contributed by atoms with van der Waals surface area (Å²) in [4.78, 5) is 54.8. The first-order chi connectivity index (χ1) is 14.9. The lowest BCUT2D eigenvalue weighted by atomic mass is 9.95. The number of hydrogen-bond acceptors (Lipinski definition) is 6. The van der Waals surface area contributed by atoms with E-state index in [-0.39, 0.29) is 47.0 Å². The highest BCUT2D eigenvalue weighted by Crippen LogP contribution is 2.35. The fraction of sp³-hybridized carbons (Fsp3) is 0.545. The van der Waals surface area contributed by atoms with Crippen LogP contribution in [0, 0.1) is 11.8 Å². The van der Waals surface area contributed by atoms with Crippen LogP contribution in [0.5, 0.6) is 0 Å². The highest BCUT2D eigenvalue weighted by atomic mass is 32.1. The van der Waals surface area contributed by atoms with Gasteiger partial charge in [-0.2, -0.15) is 0 Å². The first-order valence-corrected chi connectivity index (χ1v) is 11.6. The number of rotatable bonds is 4. The van der Waals surface area contributed by atoms with Crippen LogP contribution in [0.25, 0.3) is 10.2 Å². The Balaban J connectivity index is 1.40. The van der Waals surface area contributed by atoms with Gasteiger partial charge in [-0.1, -0.05) is 31.1 Å². The maximum atomic E-state index is 13.6. The van der Waals surface area contributed by atoms with Crippen molar-refractivity contribution in [3.05, 3.63) is 33.4 Å². The number of amides is 2. The first kappa shape index (κ1) is 20.4. The lowest BCUT2D eigenvalue weighted by Gasteiger charge is -2.30. The number of aromatic amines is 1. The number of nitrogens with one attached hydrogen (secondary N) is 2. The van der Waals surface area contributed by atoms with E-state index < -0.39 is 12.1 Å². The molecule has 0 unspecified atom stereocenters. The largest absolute Gasteiger partial charge is 0.367 e. The summed E-state index contributed by atoms with van der Waals surface area (Å²) in [5, 5.41) is 2.97. The number of thiazole rings is 1. The molecule has 3 heterocycles. The summed E-state index contributed by atoms with van der Waals surface area (Å²) in [7, 11) is 0. The number of carbonyl (C=O) groups is 3. The number of Topliss-reactive ketones (excluding diaryl/α,β-unsaturated/α-hetero) is 1. The van der Waals surface area contributed by atoms with E-state index in [9.17, 15) is 19.2 Å². The second-order valence-electron chi connectivity index (χ2n) is 8.88. The van der Waals surface area contributed by atoms with Crippen molar-refractivity contribution in [2.45, 2.75) is 50.8 Å². The van der Waals surface area contributed by atoms with Crippen molar-refractivity contribution in [3.8, 4) is 0 Å². The zero-order valence-corrected chi connectivity index (χ0v) is 18.1.